The number of nitrogens with one attached hydrogen (secondary N) is 1. The molecule has 15 heteroatoms. The fourth-order valence-electron chi connectivity index (χ4n) is 1.33. The number of hydrogen-bond donors (Lipinski definition) is 1. The van der Waals surface area contributed by atoms with Gasteiger partial charge in [0.1, 0.15) is 0 Å². The van der Waals surface area contributed by atoms with Crippen molar-refractivity contribution in [1.29, 1.82) is 0 Å². The van der Waals surface area contributed by atoms with Crippen LogP contribution in [0.3, 0.4) is 0 Å². The van der Waals surface area contributed by atoms with Crippen molar-refractivity contribution >= 4 is 5.91 Å². The zero-order chi connectivity index (χ0) is 21.1. The minimum atomic E-state index is -7.37. The molecule has 0 rings (SSSR count). The molecule has 1 N–H and O–H groups in total. The van der Waals surface area contributed by atoms with E-state index in [-0.39, 0.29) is 0 Å². The van der Waals surface area contributed by atoms with Crippen LogP contribution in [0.5, 0.6) is 0 Å². The molecule has 0 radical (unpaired) electrons. The van der Waals surface area contributed by atoms with E-state index in [0.29, 0.717) is 0 Å². The molecular formula is C10H10F12N2O. The fraction of sp³-hybridized carbons (Fsp3) is 0.700. The van der Waals surface area contributed by atoms with E-state index in [2.05, 4.69) is 13.2 Å². The van der Waals surface area contributed by atoms with Crippen LogP contribution >= 0.6 is 0 Å². The van der Waals surface area contributed by atoms with Crippen molar-refractivity contribution in [3.05, 3.63) is 13.2 Å². The monoisotopic (exact) mass is 402 g/mol. The van der Waals surface area contributed by atoms with Crippen LogP contribution in [0.2, 0.25) is 0 Å². The normalized spacial score (nSPS) is 15.9. The van der Waals surface area contributed by atoms with Gasteiger partial charge in [0.05, 0.1) is 0 Å². The molecule has 0 saturated carbocycles. The van der Waals surface area contributed by atoms with Gasteiger partial charge in [0, 0.05) is 6.54 Å². The van der Waals surface area contributed by atoms with Crippen molar-refractivity contribution in [3.63, 3.8) is 0 Å². The first-order valence-corrected chi connectivity index (χ1v) is 5.70. The number of carbonyl (C=O) groups is 1. The molecule has 3 nitrogen and oxygen atoms in total. The largest absolute Gasteiger partial charge is 0.472 e. The molecule has 0 fully saturated rings. The number of halogens is 12. The zero-order valence-corrected chi connectivity index (χ0v) is 12.0. The maximum atomic E-state index is 13.6. The molecule has 150 valence electrons. The molecule has 0 bridgehead atoms. The first kappa shape index (κ1) is 25.6. The van der Waals surface area contributed by atoms with Crippen LogP contribution in [0, 0.1) is 0 Å². The Morgan fingerprint density at radius 2 is 1.16 bits per heavy atom. The summed E-state index contributed by atoms with van der Waals surface area (Å²) in [5.41, 5.74) is -6.82. The quantitative estimate of drug-likeness (QED) is 0.436. The van der Waals surface area contributed by atoms with Gasteiger partial charge in [-0.05, 0) is 6.92 Å². The maximum Gasteiger partial charge on any atom is 0.472 e. The van der Waals surface area contributed by atoms with Crippen LogP contribution in [0.4, 0.5) is 52.7 Å². The van der Waals surface area contributed by atoms with Crippen molar-refractivity contribution in [1.82, 2.24) is 10.2 Å². The van der Waals surface area contributed by atoms with Crippen LogP contribution in [-0.4, -0.2) is 47.8 Å². The SMILES string of the molecule is C=C.CCNC(=O)C(F)(C(F)(F)F)C(F)(F)N(C(F)(F)F)C(F)(F)F. The highest BCUT2D eigenvalue weighted by Crippen LogP contribution is 2.53. The van der Waals surface area contributed by atoms with Gasteiger partial charge in [0.25, 0.3) is 5.91 Å². The fourth-order valence-corrected chi connectivity index (χ4v) is 1.33. The lowest BCUT2D eigenvalue weighted by atomic mass is 10.00. The summed E-state index contributed by atoms with van der Waals surface area (Å²) >= 11 is 0. The summed E-state index contributed by atoms with van der Waals surface area (Å²) in [5, 5.41) is 0.781. The van der Waals surface area contributed by atoms with Crippen LogP contribution in [0.25, 0.3) is 0 Å². The summed E-state index contributed by atoms with van der Waals surface area (Å²) < 4.78 is 150. The minimum absolute atomic E-state index is 0.762. The third-order valence-electron chi connectivity index (χ3n) is 2.24. The summed E-state index contributed by atoms with van der Waals surface area (Å²) in [7, 11) is 0. The van der Waals surface area contributed by atoms with Gasteiger partial charge >= 0.3 is 30.5 Å². The van der Waals surface area contributed by atoms with E-state index in [0.717, 1.165) is 12.2 Å². The highest BCUT2D eigenvalue weighted by atomic mass is 19.4. The van der Waals surface area contributed by atoms with Gasteiger partial charge in [0.2, 0.25) is 0 Å². The summed E-state index contributed by atoms with van der Waals surface area (Å²) in [6, 6.07) is -7.37. The number of amides is 1. The summed E-state index contributed by atoms with van der Waals surface area (Å²) in [6.45, 7) is 5.78. The number of alkyl halides is 12. The molecule has 1 amide bonds. The first-order chi connectivity index (χ1) is 10.8. The second kappa shape index (κ2) is 7.70. The smallest absolute Gasteiger partial charge is 0.353 e. The molecule has 25 heavy (non-hydrogen) atoms. The Morgan fingerprint density at radius 1 is 0.840 bits per heavy atom. The summed E-state index contributed by atoms with van der Waals surface area (Å²) in [6.07, 6.45) is -21.4. The lowest BCUT2D eigenvalue weighted by Gasteiger charge is -2.40. The molecule has 0 aliphatic carbocycles. The highest BCUT2D eigenvalue weighted by molar-refractivity contribution is 5.87. The molecule has 0 aliphatic heterocycles. The standard InChI is InChI=1S/C8H6F12N2O.C2H4/c1-2-21-3(23)4(9,5(10,11)12)6(13,14)22(7(15,16)17)8(18,19)20;1-2/h2H2,1H3,(H,21,23);1-2H2. The van der Waals surface area contributed by atoms with Gasteiger partial charge in [0.15, 0.2) is 0 Å². The van der Waals surface area contributed by atoms with Crippen LogP contribution in [0.15, 0.2) is 13.2 Å². The lowest BCUT2D eigenvalue weighted by Crippen LogP contribution is -2.74. The van der Waals surface area contributed by atoms with Crippen LogP contribution in [-0.2, 0) is 4.79 Å². The van der Waals surface area contributed by atoms with E-state index in [9.17, 15) is 57.5 Å². The molecule has 1 unspecified atom stereocenters. The van der Waals surface area contributed by atoms with E-state index < -0.39 is 47.8 Å². The van der Waals surface area contributed by atoms with E-state index in [1.807, 2.05) is 0 Å². The number of carbonyl (C=O) groups excluding carboxylic acids is 1. The third kappa shape index (κ3) is 4.92. The molecule has 0 aromatic carbocycles. The second-order valence-corrected chi connectivity index (χ2v) is 3.83. The average Bonchev–Trinajstić information content (AvgIpc) is 2.34. The lowest BCUT2D eigenvalue weighted by molar-refractivity contribution is -0.468. The molecule has 0 heterocycles. The Morgan fingerprint density at radius 3 is 1.36 bits per heavy atom. The number of nitrogens with zero attached hydrogens (tertiary/aromatic N) is 1. The molecule has 0 aromatic rings. The topological polar surface area (TPSA) is 32.3 Å². The van der Waals surface area contributed by atoms with Crippen molar-refractivity contribution in [2.75, 3.05) is 6.54 Å². The van der Waals surface area contributed by atoms with Gasteiger partial charge in [-0.1, -0.05) is 4.90 Å². The summed E-state index contributed by atoms with van der Waals surface area (Å²) in [5.74, 6) is -3.41. The van der Waals surface area contributed by atoms with Crippen molar-refractivity contribution in [3.8, 4) is 0 Å². The maximum absolute atomic E-state index is 13.6. The Hall–Kier alpha value is -1.67. The molecule has 0 aromatic heterocycles. The van der Waals surface area contributed by atoms with Crippen molar-refractivity contribution in [2.24, 2.45) is 0 Å². The van der Waals surface area contributed by atoms with E-state index in [4.69, 9.17) is 0 Å². The van der Waals surface area contributed by atoms with Gasteiger partial charge in [-0.3, -0.25) is 4.79 Å². The second-order valence-electron chi connectivity index (χ2n) is 3.83. The molecule has 0 saturated heterocycles. The minimum Gasteiger partial charge on any atom is -0.353 e. The van der Waals surface area contributed by atoms with Gasteiger partial charge in [-0.25, -0.2) is 4.39 Å². The van der Waals surface area contributed by atoms with E-state index in [1.54, 1.807) is 0 Å². The Bertz CT molecular complexity index is 440. The Kier molecular flexibility index (Phi) is 7.87. The predicted octanol–water partition coefficient (Wildman–Crippen LogP) is 4.13. The molecule has 0 spiro atoms. The molecule has 1 atom stereocenters. The molecule has 0 aliphatic rings. The number of rotatable bonds is 4. The zero-order valence-electron chi connectivity index (χ0n) is 12.0. The Balaban J connectivity index is 0. The van der Waals surface area contributed by atoms with Gasteiger partial charge in [-0.15, -0.1) is 13.2 Å². The average molecular weight is 402 g/mol. The molecular weight excluding hydrogens is 392 g/mol. The highest BCUT2D eigenvalue weighted by Gasteiger charge is 2.84. The summed E-state index contributed by atoms with van der Waals surface area (Å²) in [4.78, 5) is 6.95. The Labute approximate surface area is 132 Å². The van der Waals surface area contributed by atoms with Crippen molar-refractivity contribution < 1.29 is 57.5 Å². The van der Waals surface area contributed by atoms with E-state index in [1.165, 1.54) is 0 Å². The predicted molar refractivity (Wildman–Crippen MR) is 58.7 cm³/mol. The van der Waals surface area contributed by atoms with E-state index >= 15 is 0 Å². The first-order valence-electron chi connectivity index (χ1n) is 5.70. The third-order valence-corrected chi connectivity index (χ3v) is 2.24. The van der Waals surface area contributed by atoms with Gasteiger partial charge in [-0.2, -0.15) is 48.3 Å². The van der Waals surface area contributed by atoms with Crippen molar-refractivity contribution in [2.45, 2.75) is 37.4 Å². The van der Waals surface area contributed by atoms with Gasteiger partial charge < -0.3 is 5.32 Å². The van der Waals surface area contributed by atoms with Crippen LogP contribution < -0.4 is 5.32 Å². The number of hydrogen-bond acceptors (Lipinski definition) is 2. The van der Waals surface area contributed by atoms with Crippen LogP contribution in [0.1, 0.15) is 6.92 Å².